The van der Waals surface area contributed by atoms with Gasteiger partial charge in [0.25, 0.3) is 5.91 Å². The SMILES string of the molecule is O=C(O)CCN1C(=O)/C(=C\c2cn(Cc3ccccc3)c3ccccc23)SC1=S. The van der Waals surface area contributed by atoms with Crippen LogP contribution in [0.3, 0.4) is 0 Å². The number of benzene rings is 2. The number of carboxylic acid groups (broad SMARTS) is 1. The first-order chi connectivity index (χ1) is 14.0. The second-order valence-electron chi connectivity index (χ2n) is 6.69. The van der Waals surface area contributed by atoms with E-state index in [2.05, 4.69) is 22.8 Å². The number of hydrogen-bond acceptors (Lipinski definition) is 4. The van der Waals surface area contributed by atoms with Gasteiger partial charge in [0.15, 0.2) is 0 Å². The highest BCUT2D eigenvalue weighted by atomic mass is 32.2. The topological polar surface area (TPSA) is 62.5 Å². The Morgan fingerprint density at radius 1 is 1.10 bits per heavy atom. The summed E-state index contributed by atoms with van der Waals surface area (Å²) in [6, 6.07) is 18.3. The van der Waals surface area contributed by atoms with Crippen molar-refractivity contribution < 1.29 is 14.7 Å². The Morgan fingerprint density at radius 3 is 2.59 bits per heavy atom. The van der Waals surface area contributed by atoms with Gasteiger partial charge >= 0.3 is 5.97 Å². The molecule has 2 heterocycles. The molecule has 1 aliphatic heterocycles. The molecule has 5 nitrogen and oxygen atoms in total. The van der Waals surface area contributed by atoms with E-state index in [1.54, 1.807) is 0 Å². The minimum Gasteiger partial charge on any atom is -0.481 e. The third-order valence-electron chi connectivity index (χ3n) is 4.72. The summed E-state index contributed by atoms with van der Waals surface area (Å²) in [4.78, 5) is 25.4. The van der Waals surface area contributed by atoms with Crippen molar-refractivity contribution in [2.24, 2.45) is 0 Å². The first kappa shape index (κ1) is 19.4. The van der Waals surface area contributed by atoms with Gasteiger partial charge in [-0.25, -0.2) is 0 Å². The molecule has 1 fully saturated rings. The lowest BCUT2D eigenvalue weighted by atomic mass is 10.1. The van der Waals surface area contributed by atoms with E-state index >= 15 is 0 Å². The Labute approximate surface area is 177 Å². The van der Waals surface area contributed by atoms with Crippen LogP contribution in [0.25, 0.3) is 17.0 Å². The van der Waals surface area contributed by atoms with Crippen LogP contribution in [0.1, 0.15) is 17.5 Å². The van der Waals surface area contributed by atoms with Crippen LogP contribution < -0.4 is 0 Å². The normalized spacial score (nSPS) is 15.6. The zero-order chi connectivity index (χ0) is 20.4. The number of nitrogens with zero attached hydrogens (tertiary/aromatic N) is 2. The molecule has 1 amide bonds. The minimum atomic E-state index is -0.952. The van der Waals surface area contributed by atoms with Crippen LogP contribution in [0.2, 0.25) is 0 Å². The Hall–Kier alpha value is -2.90. The number of para-hydroxylation sites is 1. The molecular formula is C22H18N2O3S2. The predicted octanol–water partition coefficient (Wildman–Crippen LogP) is 4.37. The molecule has 0 radical (unpaired) electrons. The maximum atomic E-state index is 12.7. The van der Waals surface area contributed by atoms with Crippen molar-refractivity contribution in [2.75, 3.05) is 6.54 Å². The molecular weight excluding hydrogens is 404 g/mol. The van der Waals surface area contributed by atoms with E-state index < -0.39 is 5.97 Å². The fourth-order valence-electron chi connectivity index (χ4n) is 3.34. The molecule has 0 spiro atoms. The average molecular weight is 423 g/mol. The number of amides is 1. The zero-order valence-electron chi connectivity index (χ0n) is 15.4. The van der Waals surface area contributed by atoms with E-state index in [4.69, 9.17) is 17.3 Å². The molecule has 0 aliphatic carbocycles. The lowest BCUT2D eigenvalue weighted by Crippen LogP contribution is -2.30. The van der Waals surface area contributed by atoms with Gasteiger partial charge in [0, 0.05) is 35.8 Å². The van der Waals surface area contributed by atoms with E-state index in [9.17, 15) is 9.59 Å². The average Bonchev–Trinajstić information content (AvgIpc) is 3.18. The van der Waals surface area contributed by atoms with Crippen LogP contribution in [-0.2, 0) is 16.1 Å². The number of aliphatic carboxylic acids is 1. The van der Waals surface area contributed by atoms with Crippen LogP contribution in [0.4, 0.5) is 0 Å². The molecule has 1 aliphatic rings. The number of carbonyl (C=O) groups excluding carboxylic acids is 1. The molecule has 1 aromatic heterocycles. The van der Waals surface area contributed by atoms with Crippen molar-refractivity contribution in [1.29, 1.82) is 0 Å². The van der Waals surface area contributed by atoms with Crippen molar-refractivity contribution in [3.8, 4) is 0 Å². The van der Waals surface area contributed by atoms with Gasteiger partial charge in [-0.15, -0.1) is 0 Å². The molecule has 0 unspecified atom stereocenters. The number of rotatable bonds is 6. The molecule has 3 aromatic rings. The van der Waals surface area contributed by atoms with Gasteiger partial charge in [-0.3, -0.25) is 14.5 Å². The van der Waals surface area contributed by atoms with Gasteiger partial charge in [-0.05, 0) is 17.7 Å². The zero-order valence-corrected chi connectivity index (χ0v) is 17.1. The van der Waals surface area contributed by atoms with E-state index in [1.165, 1.54) is 22.2 Å². The monoisotopic (exact) mass is 422 g/mol. The number of thioether (sulfide) groups is 1. The van der Waals surface area contributed by atoms with Crippen LogP contribution >= 0.6 is 24.0 Å². The van der Waals surface area contributed by atoms with Gasteiger partial charge < -0.3 is 9.67 Å². The molecule has 0 saturated carbocycles. The van der Waals surface area contributed by atoms with Gasteiger partial charge in [-0.1, -0.05) is 72.5 Å². The Kier molecular flexibility index (Phi) is 5.51. The second-order valence-corrected chi connectivity index (χ2v) is 8.37. The summed E-state index contributed by atoms with van der Waals surface area (Å²) < 4.78 is 2.57. The van der Waals surface area contributed by atoms with Crippen molar-refractivity contribution >= 4 is 57.2 Å². The minimum absolute atomic E-state index is 0.0904. The van der Waals surface area contributed by atoms with Crippen LogP contribution in [0.5, 0.6) is 0 Å². The summed E-state index contributed by atoms with van der Waals surface area (Å²) in [6.07, 6.45) is 3.77. The number of aromatic nitrogens is 1. The summed E-state index contributed by atoms with van der Waals surface area (Å²) in [6.45, 7) is 0.821. The Balaban J connectivity index is 1.67. The number of carbonyl (C=O) groups is 2. The molecule has 146 valence electrons. The molecule has 2 aromatic carbocycles. The van der Waals surface area contributed by atoms with Crippen molar-refractivity contribution in [3.05, 3.63) is 76.8 Å². The lowest BCUT2D eigenvalue weighted by Gasteiger charge is -2.12. The number of hydrogen-bond donors (Lipinski definition) is 1. The molecule has 7 heteroatoms. The first-order valence-electron chi connectivity index (χ1n) is 9.12. The number of thiocarbonyl (C=S) groups is 1. The van der Waals surface area contributed by atoms with E-state index in [-0.39, 0.29) is 18.9 Å². The summed E-state index contributed by atoms with van der Waals surface area (Å²) in [5.41, 5.74) is 3.22. The fraction of sp³-hybridized carbons (Fsp3) is 0.136. The summed E-state index contributed by atoms with van der Waals surface area (Å²) in [5, 5.41) is 9.94. The van der Waals surface area contributed by atoms with E-state index in [1.807, 2.05) is 48.7 Å². The molecule has 0 bridgehead atoms. The van der Waals surface area contributed by atoms with Crippen LogP contribution in [0, 0.1) is 0 Å². The van der Waals surface area contributed by atoms with Gasteiger partial charge in [0.05, 0.1) is 11.3 Å². The maximum Gasteiger partial charge on any atom is 0.305 e. The molecule has 29 heavy (non-hydrogen) atoms. The standard InChI is InChI=1S/C22H18N2O3S2/c25-20(26)10-11-24-21(27)19(29-22(24)28)12-16-14-23(13-15-6-2-1-3-7-15)18-9-5-4-8-17(16)18/h1-9,12,14H,10-11,13H2,(H,25,26)/b19-12+. The van der Waals surface area contributed by atoms with Crippen molar-refractivity contribution in [1.82, 2.24) is 9.47 Å². The Bertz CT molecular complexity index is 1140. The fourth-order valence-corrected chi connectivity index (χ4v) is 4.64. The summed E-state index contributed by atoms with van der Waals surface area (Å²) in [5.74, 6) is -1.19. The number of carboxylic acids is 1. The van der Waals surface area contributed by atoms with E-state index in [0.29, 0.717) is 9.23 Å². The quantitative estimate of drug-likeness (QED) is 0.472. The lowest BCUT2D eigenvalue weighted by molar-refractivity contribution is -0.137. The summed E-state index contributed by atoms with van der Waals surface area (Å²) >= 11 is 6.50. The third kappa shape index (κ3) is 4.11. The van der Waals surface area contributed by atoms with Gasteiger partial charge in [-0.2, -0.15) is 0 Å². The second kappa shape index (κ2) is 8.23. The maximum absolute atomic E-state index is 12.7. The first-order valence-corrected chi connectivity index (χ1v) is 10.3. The smallest absolute Gasteiger partial charge is 0.305 e. The third-order valence-corrected chi connectivity index (χ3v) is 6.10. The van der Waals surface area contributed by atoms with Gasteiger partial charge in [0.1, 0.15) is 4.32 Å². The largest absolute Gasteiger partial charge is 0.481 e. The van der Waals surface area contributed by atoms with Gasteiger partial charge in [0.2, 0.25) is 0 Å². The molecule has 1 saturated heterocycles. The molecule has 4 rings (SSSR count). The van der Waals surface area contributed by atoms with Crippen molar-refractivity contribution in [2.45, 2.75) is 13.0 Å². The predicted molar refractivity (Wildman–Crippen MR) is 120 cm³/mol. The molecule has 1 N–H and O–H groups in total. The van der Waals surface area contributed by atoms with Crippen LogP contribution in [0.15, 0.2) is 65.7 Å². The summed E-state index contributed by atoms with van der Waals surface area (Å²) in [7, 11) is 0. The Morgan fingerprint density at radius 2 is 1.83 bits per heavy atom. The van der Waals surface area contributed by atoms with E-state index in [0.717, 1.165) is 23.0 Å². The van der Waals surface area contributed by atoms with Crippen molar-refractivity contribution in [3.63, 3.8) is 0 Å². The molecule has 0 atom stereocenters. The highest BCUT2D eigenvalue weighted by Crippen LogP contribution is 2.34. The highest BCUT2D eigenvalue weighted by molar-refractivity contribution is 8.26. The highest BCUT2D eigenvalue weighted by Gasteiger charge is 2.32. The number of fused-ring (bicyclic) bond motifs is 1. The van der Waals surface area contributed by atoms with Crippen LogP contribution in [-0.4, -0.2) is 37.3 Å².